The van der Waals surface area contributed by atoms with Crippen LogP contribution in [0.5, 0.6) is 5.75 Å². The number of H-pyrrole nitrogens is 1. The van der Waals surface area contributed by atoms with Gasteiger partial charge in [0.1, 0.15) is 11.3 Å². The lowest BCUT2D eigenvalue weighted by Crippen LogP contribution is -1.97. The smallest absolute Gasteiger partial charge is 0.341 e. The van der Waals surface area contributed by atoms with Crippen molar-refractivity contribution in [1.82, 2.24) is 4.98 Å². The molecule has 0 amide bonds. The first-order valence-electron chi connectivity index (χ1n) is 5.14. The van der Waals surface area contributed by atoms with E-state index in [1.807, 2.05) is 24.3 Å². The first-order chi connectivity index (χ1) is 8.18. The van der Waals surface area contributed by atoms with Gasteiger partial charge in [0.2, 0.25) is 0 Å². The van der Waals surface area contributed by atoms with Crippen LogP contribution in [-0.4, -0.2) is 21.2 Å². The maximum Gasteiger partial charge on any atom is 0.341 e. The second-order valence-electron chi connectivity index (χ2n) is 3.86. The van der Waals surface area contributed by atoms with Crippen LogP contribution in [0.25, 0.3) is 21.8 Å². The minimum Gasteiger partial charge on any atom is -0.507 e. The SMILES string of the molecule is O=C(O)c1c(O)ccc2c1[nH]c1ccccc12. The number of fused-ring (bicyclic) bond motifs is 3. The highest BCUT2D eigenvalue weighted by Crippen LogP contribution is 2.32. The van der Waals surface area contributed by atoms with Gasteiger partial charge < -0.3 is 15.2 Å². The van der Waals surface area contributed by atoms with Crippen molar-refractivity contribution in [2.75, 3.05) is 0 Å². The Balaban J connectivity index is 2.56. The van der Waals surface area contributed by atoms with Crippen LogP contribution < -0.4 is 0 Å². The van der Waals surface area contributed by atoms with Gasteiger partial charge in [0.25, 0.3) is 0 Å². The summed E-state index contributed by atoms with van der Waals surface area (Å²) in [5.74, 6) is -1.36. The molecule has 0 saturated heterocycles. The summed E-state index contributed by atoms with van der Waals surface area (Å²) in [7, 11) is 0. The van der Waals surface area contributed by atoms with E-state index in [0.717, 1.165) is 16.3 Å². The fourth-order valence-corrected chi connectivity index (χ4v) is 2.12. The molecule has 0 bridgehead atoms. The molecule has 0 radical (unpaired) electrons. The number of aromatic hydroxyl groups is 1. The van der Waals surface area contributed by atoms with Gasteiger partial charge in [-0.05, 0) is 18.2 Å². The van der Waals surface area contributed by atoms with Gasteiger partial charge >= 0.3 is 5.97 Å². The summed E-state index contributed by atoms with van der Waals surface area (Å²) in [6, 6.07) is 10.7. The van der Waals surface area contributed by atoms with Gasteiger partial charge in [-0.15, -0.1) is 0 Å². The number of phenols is 1. The lowest BCUT2D eigenvalue weighted by atomic mass is 10.1. The van der Waals surface area contributed by atoms with Gasteiger partial charge in [-0.2, -0.15) is 0 Å². The van der Waals surface area contributed by atoms with Crippen LogP contribution in [0.3, 0.4) is 0 Å². The normalized spacial score (nSPS) is 11.1. The first kappa shape index (κ1) is 9.72. The van der Waals surface area contributed by atoms with E-state index < -0.39 is 5.97 Å². The van der Waals surface area contributed by atoms with Crippen molar-refractivity contribution in [1.29, 1.82) is 0 Å². The second kappa shape index (κ2) is 3.25. The number of benzene rings is 2. The fourth-order valence-electron chi connectivity index (χ4n) is 2.12. The molecule has 17 heavy (non-hydrogen) atoms. The molecule has 84 valence electrons. The van der Waals surface area contributed by atoms with E-state index in [4.69, 9.17) is 5.11 Å². The fraction of sp³-hybridized carbons (Fsp3) is 0. The van der Waals surface area contributed by atoms with Crippen LogP contribution in [0, 0.1) is 0 Å². The third-order valence-electron chi connectivity index (χ3n) is 2.87. The Morgan fingerprint density at radius 1 is 1.06 bits per heavy atom. The van der Waals surface area contributed by atoms with Gasteiger partial charge in [-0.1, -0.05) is 18.2 Å². The topological polar surface area (TPSA) is 73.3 Å². The van der Waals surface area contributed by atoms with E-state index in [1.165, 1.54) is 6.07 Å². The number of rotatable bonds is 1. The van der Waals surface area contributed by atoms with Crippen molar-refractivity contribution in [3.8, 4) is 5.75 Å². The molecular weight excluding hydrogens is 218 g/mol. The largest absolute Gasteiger partial charge is 0.507 e. The Kier molecular flexibility index (Phi) is 1.86. The lowest BCUT2D eigenvalue weighted by Gasteiger charge is -2.00. The standard InChI is InChI=1S/C13H9NO3/c15-10-6-5-8-7-3-1-2-4-9(7)14-12(8)11(10)13(16)17/h1-6,14-15H,(H,16,17). The summed E-state index contributed by atoms with van der Waals surface area (Å²) < 4.78 is 0. The molecule has 0 aliphatic carbocycles. The zero-order chi connectivity index (χ0) is 12.0. The van der Waals surface area contributed by atoms with E-state index in [9.17, 15) is 9.90 Å². The Morgan fingerprint density at radius 2 is 1.82 bits per heavy atom. The minimum absolute atomic E-state index is 0.0845. The van der Waals surface area contributed by atoms with Crippen molar-refractivity contribution in [2.24, 2.45) is 0 Å². The summed E-state index contributed by atoms with van der Waals surface area (Å²) in [6.07, 6.45) is 0. The number of para-hydroxylation sites is 1. The maximum atomic E-state index is 11.1. The number of hydrogen-bond donors (Lipinski definition) is 3. The molecule has 3 rings (SSSR count). The second-order valence-corrected chi connectivity index (χ2v) is 3.86. The average Bonchev–Trinajstić information content (AvgIpc) is 2.66. The number of aromatic nitrogens is 1. The minimum atomic E-state index is -1.14. The molecular formula is C13H9NO3. The van der Waals surface area contributed by atoms with Crippen LogP contribution in [0.4, 0.5) is 0 Å². The molecule has 0 spiro atoms. The molecule has 3 aromatic rings. The zero-order valence-electron chi connectivity index (χ0n) is 8.77. The first-order valence-corrected chi connectivity index (χ1v) is 5.14. The van der Waals surface area contributed by atoms with Crippen LogP contribution in [0.15, 0.2) is 36.4 Å². The molecule has 2 aromatic carbocycles. The number of carbonyl (C=O) groups is 1. The Hall–Kier alpha value is -2.49. The number of hydrogen-bond acceptors (Lipinski definition) is 2. The predicted octanol–water partition coefficient (Wildman–Crippen LogP) is 2.72. The van der Waals surface area contributed by atoms with E-state index >= 15 is 0 Å². The number of aromatic amines is 1. The molecule has 0 unspecified atom stereocenters. The van der Waals surface area contributed by atoms with Crippen molar-refractivity contribution in [3.63, 3.8) is 0 Å². The van der Waals surface area contributed by atoms with Crippen molar-refractivity contribution in [2.45, 2.75) is 0 Å². The molecule has 3 N–H and O–H groups in total. The molecule has 0 aliphatic heterocycles. The van der Waals surface area contributed by atoms with Crippen LogP contribution in [0.1, 0.15) is 10.4 Å². The van der Waals surface area contributed by atoms with E-state index in [1.54, 1.807) is 6.07 Å². The molecule has 4 heteroatoms. The Bertz CT molecular complexity index is 743. The monoisotopic (exact) mass is 227 g/mol. The molecule has 0 atom stereocenters. The van der Waals surface area contributed by atoms with E-state index in [0.29, 0.717) is 5.52 Å². The highest BCUT2D eigenvalue weighted by Gasteiger charge is 2.16. The van der Waals surface area contributed by atoms with Gasteiger partial charge in [-0.3, -0.25) is 0 Å². The summed E-state index contributed by atoms with van der Waals surface area (Å²) in [5.41, 5.74) is 1.23. The third kappa shape index (κ3) is 1.27. The van der Waals surface area contributed by atoms with Crippen molar-refractivity contribution < 1.29 is 15.0 Å². The van der Waals surface area contributed by atoms with Crippen molar-refractivity contribution >= 4 is 27.8 Å². The Labute approximate surface area is 96.1 Å². The number of nitrogens with one attached hydrogen (secondary N) is 1. The van der Waals surface area contributed by atoms with Crippen molar-refractivity contribution in [3.05, 3.63) is 42.0 Å². The molecule has 1 aromatic heterocycles. The van der Waals surface area contributed by atoms with E-state index in [2.05, 4.69) is 4.98 Å². The summed E-state index contributed by atoms with van der Waals surface area (Å²) >= 11 is 0. The molecule has 0 fully saturated rings. The maximum absolute atomic E-state index is 11.1. The summed E-state index contributed by atoms with van der Waals surface area (Å²) in [6.45, 7) is 0. The zero-order valence-corrected chi connectivity index (χ0v) is 8.77. The number of aromatic carboxylic acids is 1. The van der Waals surface area contributed by atoms with Gasteiger partial charge in [0.15, 0.2) is 0 Å². The Morgan fingerprint density at radius 3 is 2.59 bits per heavy atom. The number of carboxylic acids is 1. The average molecular weight is 227 g/mol. The molecule has 0 saturated carbocycles. The quantitative estimate of drug-likeness (QED) is 0.598. The van der Waals surface area contributed by atoms with Gasteiger partial charge in [0.05, 0.1) is 5.52 Å². The third-order valence-corrected chi connectivity index (χ3v) is 2.87. The highest BCUT2D eigenvalue weighted by atomic mass is 16.4. The van der Waals surface area contributed by atoms with E-state index in [-0.39, 0.29) is 11.3 Å². The molecule has 4 nitrogen and oxygen atoms in total. The number of carboxylic acid groups (broad SMARTS) is 1. The van der Waals surface area contributed by atoms with Gasteiger partial charge in [-0.25, -0.2) is 4.79 Å². The molecule has 0 aliphatic rings. The van der Waals surface area contributed by atoms with Gasteiger partial charge in [0, 0.05) is 16.3 Å². The predicted molar refractivity (Wildman–Crippen MR) is 64.4 cm³/mol. The highest BCUT2D eigenvalue weighted by molar-refractivity contribution is 6.14. The summed E-state index contributed by atoms with van der Waals surface area (Å²) in [5, 5.41) is 20.5. The van der Waals surface area contributed by atoms with Crippen LogP contribution >= 0.6 is 0 Å². The van der Waals surface area contributed by atoms with Crippen LogP contribution in [-0.2, 0) is 0 Å². The lowest BCUT2D eigenvalue weighted by molar-refractivity contribution is 0.0696. The summed E-state index contributed by atoms with van der Waals surface area (Å²) in [4.78, 5) is 14.2. The molecule has 1 heterocycles. The van der Waals surface area contributed by atoms with Crippen LogP contribution in [0.2, 0.25) is 0 Å².